The van der Waals surface area contributed by atoms with Gasteiger partial charge in [0.25, 0.3) is 11.8 Å². The average Bonchev–Trinajstić information content (AvgIpc) is 2.87. The smallest absolute Gasteiger partial charge is 0.274 e. The van der Waals surface area contributed by atoms with E-state index in [1.165, 1.54) is 25.4 Å². The van der Waals surface area contributed by atoms with Crippen LogP contribution in [0.25, 0.3) is 0 Å². The van der Waals surface area contributed by atoms with Crippen LogP contribution < -0.4 is 20.2 Å². The first-order chi connectivity index (χ1) is 18.2. The Hall–Kier alpha value is -3.11. The van der Waals surface area contributed by atoms with Crippen molar-refractivity contribution in [1.82, 2.24) is 14.8 Å². The zero-order valence-corrected chi connectivity index (χ0v) is 22.8. The van der Waals surface area contributed by atoms with Crippen LogP contribution in [-0.4, -0.2) is 62.3 Å². The molecule has 2 aromatic rings. The molecule has 206 valence electrons. The van der Waals surface area contributed by atoms with Crippen molar-refractivity contribution in [2.45, 2.75) is 44.7 Å². The number of halogens is 2. The van der Waals surface area contributed by atoms with E-state index >= 15 is 0 Å². The van der Waals surface area contributed by atoms with Crippen LogP contribution in [0, 0.1) is 11.7 Å². The van der Waals surface area contributed by atoms with Gasteiger partial charge in [0.1, 0.15) is 16.3 Å². The molecule has 9 nitrogen and oxygen atoms in total. The molecule has 0 atom stereocenters. The lowest BCUT2D eigenvalue weighted by atomic mass is 9.67. The number of hydrogen-bond donors (Lipinski definition) is 1. The summed E-state index contributed by atoms with van der Waals surface area (Å²) in [5.74, 6) is -1.42. The number of pyridine rings is 1. The van der Waals surface area contributed by atoms with Crippen LogP contribution in [-0.2, 0) is 16.8 Å². The number of rotatable bonds is 10. The van der Waals surface area contributed by atoms with Gasteiger partial charge in [0.15, 0.2) is 17.3 Å². The number of amides is 2. The number of hydrogen-bond acceptors (Lipinski definition) is 6. The molecule has 2 aliphatic rings. The Morgan fingerprint density at radius 1 is 1.26 bits per heavy atom. The van der Waals surface area contributed by atoms with Gasteiger partial charge in [-0.1, -0.05) is 31.0 Å². The maximum Gasteiger partial charge on any atom is 0.274 e. The van der Waals surface area contributed by atoms with E-state index in [9.17, 15) is 18.8 Å². The van der Waals surface area contributed by atoms with E-state index < -0.39 is 22.7 Å². The number of benzene rings is 1. The molecule has 0 saturated heterocycles. The first-order valence-electron chi connectivity index (χ1n) is 12.6. The van der Waals surface area contributed by atoms with Gasteiger partial charge in [-0.25, -0.2) is 4.39 Å². The molecule has 11 heteroatoms. The first-order valence-corrected chi connectivity index (χ1v) is 13.0. The predicted molar refractivity (Wildman–Crippen MR) is 140 cm³/mol. The highest BCUT2D eigenvalue weighted by Gasteiger charge is 2.52. The molecule has 1 aliphatic heterocycles. The van der Waals surface area contributed by atoms with Crippen molar-refractivity contribution >= 4 is 23.4 Å². The summed E-state index contributed by atoms with van der Waals surface area (Å²) in [4.78, 5) is 41.7. The van der Waals surface area contributed by atoms with Crippen LogP contribution in [0.3, 0.4) is 0 Å². The van der Waals surface area contributed by atoms with E-state index in [4.69, 9.17) is 25.8 Å². The number of carbonyl (C=O) groups excluding carboxylic acids is 2. The largest absolute Gasteiger partial charge is 0.495 e. The highest BCUT2D eigenvalue weighted by atomic mass is 35.5. The molecule has 0 unspecified atom stereocenters. The van der Waals surface area contributed by atoms with Gasteiger partial charge in [-0.15, -0.1) is 0 Å². The number of methoxy groups -OCH3 is 2. The van der Waals surface area contributed by atoms with Crippen molar-refractivity contribution in [3.05, 3.63) is 56.2 Å². The quantitative estimate of drug-likeness (QED) is 0.455. The molecule has 1 saturated carbocycles. The van der Waals surface area contributed by atoms with E-state index in [0.29, 0.717) is 25.5 Å². The fraction of sp³-hybridized carbons (Fsp3) is 0.519. The van der Waals surface area contributed by atoms with Crippen molar-refractivity contribution < 1.29 is 28.2 Å². The second-order valence-corrected chi connectivity index (χ2v) is 10.4. The van der Waals surface area contributed by atoms with Crippen LogP contribution >= 0.6 is 11.6 Å². The normalized spacial score (nSPS) is 20.2. The number of carbonyl (C=O) groups is 2. The number of likely N-dealkylation sites (N-methyl/N-ethyl adjacent to an activating group) is 1. The first kappa shape index (κ1) is 27.9. The zero-order valence-electron chi connectivity index (χ0n) is 22.1. The summed E-state index contributed by atoms with van der Waals surface area (Å²) in [5, 5.41) is 2.42. The summed E-state index contributed by atoms with van der Waals surface area (Å²) in [6.07, 6.45) is 4.40. The molecule has 1 aromatic heterocycles. The van der Waals surface area contributed by atoms with Crippen molar-refractivity contribution in [3.8, 4) is 11.5 Å². The van der Waals surface area contributed by atoms with Crippen LogP contribution in [0.4, 0.5) is 4.39 Å². The highest BCUT2D eigenvalue weighted by molar-refractivity contribution is 6.32. The summed E-state index contributed by atoms with van der Waals surface area (Å²) < 4.78 is 32.6. The molecular weight excluding hydrogens is 517 g/mol. The van der Waals surface area contributed by atoms with Crippen LogP contribution in [0.1, 0.15) is 59.0 Å². The molecule has 0 bridgehead atoms. The molecule has 1 aliphatic carbocycles. The Balaban J connectivity index is 1.72. The Bertz CT molecular complexity index is 1290. The monoisotopic (exact) mass is 549 g/mol. The molecule has 1 N–H and O–H groups in total. The number of nitrogens with one attached hydrogen (secondary N) is 1. The molecule has 1 fully saturated rings. The lowest BCUT2D eigenvalue weighted by Crippen LogP contribution is -2.60. The SMILES string of the molecule is CCCCOc1c2n(cc(C(=O)NCc3ccc(OC)c(Cl)c3F)c1=O)C1(CC(COC)C1)CN(C)C2=O. The van der Waals surface area contributed by atoms with Gasteiger partial charge in [-0.05, 0) is 31.2 Å². The maximum atomic E-state index is 14.7. The van der Waals surface area contributed by atoms with Gasteiger partial charge in [-0.3, -0.25) is 14.4 Å². The minimum atomic E-state index is -0.719. The van der Waals surface area contributed by atoms with Crippen LogP contribution in [0.15, 0.2) is 23.1 Å². The van der Waals surface area contributed by atoms with Crippen molar-refractivity contribution in [1.29, 1.82) is 0 Å². The van der Waals surface area contributed by atoms with Crippen molar-refractivity contribution in [3.63, 3.8) is 0 Å². The fourth-order valence-electron chi connectivity index (χ4n) is 5.38. The van der Waals surface area contributed by atoms with Gasteiger partial charge in [0.2, 0.25) is 5.43 Å². The molecule has 1 aromatic carbocycles. The fourth-order valence-corrected chi connectivity index (χ4v) is 5.64. The van der Waals surface area contributed by atoms with Gasteiger partial charge in [0, 0.05) is 45.6 Å². The molecular formula is C27H33ClFN3O6. The molecule has 38 heavy (non-hydrogen) atoms. The van der Waals surface area contributed by atoms with E-state index in [0.717, 1.165) is 19.3 Å². The summed E-state index contributed by atoms with van der Waals surface area (Å²) in [7, 11) is 4.72. The number of aromatic nitrogens is 1. The number of unbranched alkanes of at least 4 members (excludes halogenated alkanes) is 1. The van der Waals surface area contributed by atoms with E-state index in [1.54, 1.807) is 23.6 Å². The maximum absolute atomic E-state index is 14.7. The number of fused-ring (bicyclic) bond motifs is 2. The Kier molecular flexibility index (Phi) is 8.32. The van der Waals surface area contributed by atoms with Crippen molar-refractivity contribution in [2.75, 3.05) is 41.0 Å². The molecule has 0 radical (unpaired) electrons. The van der Waals surface area contributed by atoms with E-state index in [2.05, 4.69) is 5.32 Å². The standard InChI is InChI=1S/C27H33ClFN3O6/c1-5-6-9-38-24-22-26(35)31(2)15-27(10-16(11-27)14-36-3)32(22)13-18(23(24)33)25(34)30-12-17-7-8-19(37-4)20(28)21(17)29/h7-8,13,16H,5-6,9-12,14-15H2,1-4H3,(H,30,34). The van der Waals surface area contributed by atoms with Gasteiger partial charge < -0.3 is 29.0 Å². The highest BCUT2D eigenvalue weighted by Crippen LogP contribution is 2.48. The van der Waals surface area contributed by atoms with Crippen LogP contribution in [0.5, 0.6) is 11.5 Å². The lowest BCUT2D eigenvalue weighted by molar-refractivity contribution is -0.0191. The number of nitrogens with zero attached hydrogens (tertiary/aromatic N) is 2. The third-order valence-corrected chi connectivity index (χ3v) is 7.62. The zero-order chi connectivity index (χ0) is 27.6. The van der Waals surface area contributed by atoms with Crippen molar-refractivity contribution in [2.24, 2.45) is 5.92 Å². The van der Waals surface area contributed by atoms with Gasteiger partial charge >= 0.3 is 0 Å². The second-order valence-electron chi connectivity index (χ2n) is 9.97. The average molecular weight is 550 g/mol. The minimum absolute atomic E-state index is 0.129. The Morgan fingerprint density at radius 3 is 2.66 bits per heavy atom. The summed E-state index contributed by atoms with van der Waals surface area (Å²) in [6.45, 7) is 3.03. The third-order valence-electron chi connectivity index (χ3n) is 7.27. The van der Waals surface area contributed by atoms with E-state index in [1.807, 2.05) is 6.92 Å². The summed E-state index contributed by atoms with van der Waals surface area (Å²) >= 11 is 6.00. The van der Waals surface area contributed by atoms with Crippen LogP contribution in [0.2, 0.25) is 5.02 Å². The minimum Gasteiger partial charge on any atom is -0.495 e. The number of ether oxygens (including phenoxy) is 3. The second kappa shape index (κ2) is 11.3. The Morgan fingerprint density at radius 2 is 2.00 bits per heavy atom. The molecule has 2 heterocycles. The van der Waals surface area contributed by atoms with Gasteiger partial charge in [0.05, 0.1) is 19.3 Å². The topological polar surface area (TPSA) is 99.1 Å². The predicted octanol–water partition coefficient (Wildman–Crippen LogP) is 3.60. The molecule has 4 rings (SSSR count). The summed E-state index contributed by atoms with van der Waals surface area (Å²) in [5.41, 5.74) is -1.05. The van der Waals surface area contributed by atoms with Gasteiger partial charge in [-0.2, -0.15) is 0 Å². The molecule has 2 amide bonds. The molecule has 1 spiro atoms. The van der Waals surface area contributed by atoms with E-state index in [-0.39, 0.29) is 52.4 Å². The lowest BCUT2D eigenvalue weighted by Gasteiger charge is -2.54. The Labute approximate surface area is 225 Å². The third kappa shape index (κ3) is 4.99. The summed E-state index contributed by atoms with van der Waals surface area (Å²) in [6, 6.07) is 2.95.